The summed E-state index contributed by atoms with van der Waals surface area (Å²) in [4.78, 5) is 0. The summed E-state index contributed by atoms with van der Waals surface area (Å²) >= 11 is 0. The Bertz CT molecular complexity index is 202. The Morgan fingerprint density at radius 2 is 1.47 bits per heavy atom. The lowest BCUT2D eigenvalue weighted by molar-refractivity contribution is 0.623. The molecule has 0 aromatic rings. The highest BCUT2D eigenvalue weighted by Crippen LogP contribution is 2.72. The van der Waals surface area contributed by atoms with Gasteiger partial charge in [-0.25, -0.2) is 0 Å². The molecule has 0 aliphatic carbocycles. The lowest BCUT2D eigenvalue weighted by Crippen LogP contribution is -2.39. The minimum absolute atomic E-state index is 0.601. The molecule has 0 amide bonds. The summed E-state index contributed by atoms with van der Waals surface area (Å²) in [5.74, 6) is 0. The van der Waals surface area contributed by atoms with Gasteiger partial charge in [-0.2, -0.15) is 0 Å². The van der Waals surface area contributed by atoms with Crippen LogP contribution in [0.5, 0.6) is 0 Å². The van der Waals surface area contributed by atoms with Crippen molar-refractivity contribution in [2.75, 3.05) is 0 Å². The molecule has 1 heterocycles. The number of unbranched alkanes of at least 4 members (excludes halogenated alkanes) is 1. The Hall–Kier alpha value is 0.217. The molecule has 1 unspecified atom stereocenters. The molecular weight excluding hydrogens is 196 g/mol. The SMILES string of the molecule is CCCCC1C[Si]1(C(C)(C)C)C(C)(C)C. The topological polar surface area (TPSA) is 0 Å². The van der Waals surface area contributed by atoms with Gasteiger partial charge in [-0.1, -0.05) is 73.8 Å². The first-order chi connectivity index (χ1) is 6.67. The van der Waals surface area contributed by atoms with Gasteiger partial charge in [-0.15, -0.1) is 0 Å². The summed E-state index contributed by atoms with van der Waals surface area (Å²) in [5, 5.41) is 1.20. The quantitative estimate of drug-likeness (QED) is 0.549. The van der Waals surface area contributed by atoms with E-state index in [-0.39, 0.29) is 0 Å². The van der Waals surface area contributed by atoms with Gasteiger partial charge in [0.25, 0.3) is 0 Å². The average molecular weight is 226 g/mol. The smallest absolute Gasteiger partial charge is 0.0654 e. The Kier molecular flexibility index (Phi) is 3.46. The molecule has 0 nitrogen and oxygen atoms in total. The molecule has 0 bridgehead atoms. The van der Waals surface area contributed by atoms with Crippen LogP contribution in [-0.4, -0.2) is 8.07 Å². The highest BCUT2D eigenvalue weighted by atomic mass is 28.3. The Balaban J connectivity index is 2.78. The molecule has 1 fully saturated rings. The molecule has 0 saturated carbocycles. The van der Waals surface area contributed by atoms with E-state index in [0.29, 0.717) is 10.1 Å². The van der Waals surface area contributed by atoms with E-state index in [1.165, 1.54) is 19.3 Å². The van der Waals surface area contributed by atoms with Crippen molar-refractivity contribution in [1.82, 2.24) is 0 Å². The summed E-state index contributed by atoms with van der Waals surface area (Å²) in [5.41, 5.74) is 1.12. The van der Waals surface area contributed by atoms with Crippen LogP contribution >= 0.6 is 0 Å². The van der Waals surface area contributed by atoms with Gasteiger partial charge in [0, 0.05) is 0 Å². The fourth-order valence-electron chi connectivity index (χ4n) is 4.09. The van der Waals surface area contributed by atoms with Gasteiger partial charge in [-0.05, 0) is 15.6 Å². The van der Waals surface area contributed by atoms with E-state index in [0.717, 1.165) is 5.54 Å². The molecule has 0 radical (unpaired) electrons. The van der Waals surface area contributed by atoms with Crippen LogP contribution in [-0.2, 0) is 0 Å². The molecule has 15 heavy (non-hydrogen) atoms. The number of hydrogen-bond acceptors (Lipinski definition) is 0. The minimum Gasteiger partial charge on any atom is -0.0654 e. The normalized spacial score (nSPS) is 25.4. The Morgan fingerprint density at radius 3 is 1.73 bits per heavy atom. The predicted octanol–water partition coefficient (Wildman–Crippen LogP) is 5.61. The van der Waals surface area contributed by atoms with Crippen LogP contribution in [0.3, 0.4) is 0 Å². The van der Waals surface area contributed by atoms with Crippen LogP contribution in [0.15, 0.2) is 0 Å². The third-order valence-electron chi connectivity index (χ3n) is 4.69. The predicted molar refractivity (Wildman–Crippen MR) is 73.3 cm³/mol. The van der Waals surface area contributed by atoms with Gasteiger partial charge in [0.2, 0.25) is 0 Å². The maximum atomic E-state index is 2.50. The molecule has 1 rings (SSSR count). The van der Waals surface area contributed by atoms with Crippen LogP contribution in [0.1, 0.15) is 67.7 Å². The number of rotatable bonds is 3. The van der Waals surface area contributed by atoms with Crippen molar-refractivity contribution in [3.05, 3.63) is 0 Å². The van der Waals surface area contributed by atoms with Crippen LogP contribution in [0.2, 0.25) is 21.7 Å². The van der Waals surface area contributed by atoms with E-state index < -0.39 is 8.07 Å². The summed E-state index contributed by atoms with van der Waals surface area (Å²) in [6.45, 7) is 17.3. The monoisotopic (exact) mass is 226 g/mol. The van der Waals surface area contributed by atoms with Crippen LogP contribution in [0, 0.1) is 0 Å². The van der Waals surface area contributed by atoms with Gasteiger partial charge in [-0.3, -0.25) is 0 Å². The Morgan fingerprint density at radius 1 is 1.00 bits per heavy atom. The van der Waals surface area contributed by atoms with Crippen molar-refractivity contribution in [2.24, 2.45) is 0 Å². The van der Waals surface area contributed by atoms with Gasteiger partial charge >= 0.3 is 0 Å². The van der Waals surface area contributed by atoms with Crippen LogP contribution < -0.4 is 0 Å². The molecule has 1 aliphatic heterocycles. The van der Waals surface area contributed by atoms with Gasteiger partial charge in [0.15, 0.2) is 0 Å². The van der Waals surface area contributed by atoms with Gasteiger partial charge < -0.3 is 0 Å². The number of hydrogen-bond donors (Lipinski definition) is 0. The third-order valence-corrected chi connectivity index (χ3v) is 12.5. The summed E-state index contributed by atoms with van der Waals surface area (Å²) in [7, 11) is -1.02. The van der Waals surface area contributed by atoms with Crippen molar-refractivity contribution in [2.45, 2.75) is 89.4 Å². The molecule has 0 N–H and O–H groups in total. The fraction of sp³-hybridized carbons (Fsp3) is 1.00. The standard InChI is InChI=1S/C14H30Si/c1-8-9-10-12-11-15(12,13(2,3)4)14(5,6)7/h12H,8-11H2,1-7H3. The zero-order valence-electron chi connectivity index (χ0n) is 11.9. The van der Waals surface area contributed by atoms with Crippen molar-refractivity contribution in [3.63, 3.8) is 0 Å². The van der Waals surface area contributed by atoms with E-state index in [1.54, 1.807) is 6.04 Å². The first-order valence-corrected chi connectivity index (χ1v) is 8.95. The van der Waals surface area contributed by atoms with Crippen molar-refractivity contribution in [3.8, 4) is 0 Å². The van der Waals surface area contributed by atoms with E-state index >= 15 is 0 Å². The first-order valence-electron chi connectivity index (χ1n) is 6.67. The van der Waals surface area contributed by atoms with E-state index in [4.69, 9.17) is 0 Å². The molecule has 1 aliphatic rings. The average Bonchev–Trinajstić information content (AvgIpc) is 2.73. The molecule has 0 aromatic heterocycles. The van der Waals surface area contributed by atoms with E-state index in [9.17, 15) is 0 Å². The van der Waals surface area contributed by atoms with Crippen LogP contribution in [0.25, 0.3) is 0 Å². The summed E-state index contributed by atoms with van der Waals surface area (Å²) < 4.78 is 0. The van der Waals surface area contributed by atoms with Crippen molar-refractivity contribution >= 4 is 8.07 Å². The maximum absolute atomic E-state index is 2.50. The molecular formula is C14H30Si. The zero-order chi connectivity index (χ0) is 11.9. The molecule has 1 atom stereocenters. The van der Waals surface area contributed by atoms with Gasteiger partial charge in [0.1, 0.15) is 0 Å². The molecule has 0 spiro atoms. The molecule has 0 aromatic carbocycles. The lowest BCUT2D eigenvalue weighted by atomic mass is 10.2. The molecule has 90 valence electrons. The van der Waals surface area contributed by atoms with E-state index in [1.807, 2.05) is 0 Å². The third kappa shape index (κ3) is 2.18. The lowest BCUT2D eigenvalue weighted by Gasteiger charge is -2.41. The second kappa shape index (κ2) is 3.91. The van der Waals surface area contributed by atoms with Crippen molar-refractivity contribution < 1.29 is 0 Å². The summed E-state index contributed by atoms with van der Waals surface area (Å²) in [6, 6.07) is 1.60. The largest absolute Gasteiger partial charge is 0.0672 e. The minimum atomic E-state index is -1.02. The highest BCUT2D eigenvalue weighted by Gasteiger charge is 2.67. The summed E-state index contributed by atoms with van der Waals surface area (Å²) in [6.07, 6.45) is 4.33. The fourth-order valence-corrected chi connectivity index (χ4v) is 12.2. The first kappa shape index (κ1) is 13.3. The van der Waals surface area contributed by atoms with E-state index in [2.05, 4.69) is 48.5 Å². The van der Waals surface area contributed by atoms with Crippen molar-refractivity contribution in [1.29, 1.82) is 0 Å². The highest BCUT2D eigenvalue weighted by molar-refractivity contribution is 6.95. The van der Waals surface area contributed by atoms with Crippen LogP contribution in [0.4, 0.5) is 0 Å². The second-order valence-corrected chi connectivity index (χ2v) is 13.7. The second-order valence-electron chi connectivity index (χ2n) is 7.51. The maximum Gasteiger partial charge on any atom is 0.0672 e. The molecule has 1 heteroatoms. The zero-order valence-corrected chi connectivity index (χ0v) is 12.9. The van der Waals surface area contributed by atoms with Gasteiger partial charge in [0.05, 0.1) is 8.07 Å². The Labute approximate surface area is 97.9 Å². The molecule has 1 saturated heterocycles.